The van der Waals surface area contributed by atoms with E-state index in [1.807, 2.05) is 0 Å². The van der Waals surface area contributed by atoms with Crippen LogP contribution < -0.4 is 5.32 Å². The molecule has 1 heterocycles. The quantitative estimate of drug-likeness (QED) is 0.672. The number of piperidine rings is 1. The second-order valence-corrected chi connectivity index (χ2v) is 5.44. The summed E-state index contributed by atoms with van der Waals surface area (Å²) in [5, 5.41) is 11.6. The maximum Gasteiger partial charge on any atom is 0.241 e. The molecule has 1 atom stereocenters. The van der Waals surface area contributed by atoms with Crippen LogP contribution in [0.2, 0.25) is 0 Å². The predicted molar refractivity (Wildman–Crippen MR) is 77.2 cm³/mol. The van der Waals surface area contributed by atoms with Crippen molar-refractivity contribution < 1.29 is 14.7 Å². The number of hydrogen-bond acceptors (Lipinski definition) is 4. The third-order valence-corrected chi connectivity index (χ3v) is 3.74. The van der Waals surface area contributed by atoms with Crippen LogP contribution in [0.3, 0.4) is 0 Å². The average molecular weight is 285 g/mol. The van der Waals surface area contributed by atoms with Crippen molar-refractivity contribution in [3.05, 3.63) is 0 Å². The molecule has 116 valence electrons. The lowest BCUT2D eigenvalue weighted by molar-refractivity contribution is -0.132. The van der Waals surface area contributed by atoms with Crippen LogP contribution in [0.5, 0.6) is 0 Å². The molecule has 1 unspecified atom stereocenters. The molecule has 0 spiro atoms. The smallest absolute Gasteiger partial charge is 0.241 e. The van der Waals surface area contributed by atoms with E-state index < -0.39 is 0 Å². The molecule has 0 radical (unpaired) electrons. The van der Waals surface area contributed by atoms with Crippen LogP contribution in [0.25, 0.3) is 0 Å². The number of rotatable bonds is 7. The van der Waals surface area contributed by atoms with Crippen LogP contribution in [-0.4, -0.2) is 73.1 Å². The highest BCUT2D eigenvalue weighted by Gasteiger charge is 2.22. The molecular weight excluding hydrogens is 258 g/mol. The molecule has 1 saturated heterocycles. The van der Waals surface area contributed by atoms with Gasteiger partial charge in [0.2, 0.25) is 11.8 Å². The Hall–Kier alpha value is -1.14. The first-order valence-electron chi connectivity index (χ1n) is 7.40. The molecule has 6 nitrogen and oxygen atoms in total. The van der Waals surface area contributed by atoms with Crippen LogP contribution in [0.1, 0.15) is 26.2 Å². The van der Waals surface area contributed by atoms with Crippen LogP contribution in [0.15, 0.2) is 0 Å². The summed E-state index contributed by atoms with van der Waals surface area (Å²) in [7, 11) is 1.78. The fourth-order valence-electron chi connectivity index (χ4n) is 2.57. The summed E-state index contributed by atoms with van der Waals surface area (Å²) in [4.78, 5) is 27.0. The van der Waals surface area contributed by atoms with Gasteiger partial charge in [0.1, 0.15) is 0 Å². The molecule has 0 saturated carbocycles. The summed E-state index contributed by atoms with van der Waals surface area (Å²) in [6, 6.07) is 0. The third kappa shape index (κ3) is 5.88. The highest BCUT2D eigenvalue weighted by atomic mass is 16.3. The van der Waals surface area contributed by atoms with Crippen molar-refractivity contribution in [3.63, 3.8) is 0 Å². The number of aliphatic hydroxyl groups excluding tert-OH is 1. The molecule has 0 aromatic carbocycles. The third-order valence-electron chi connectivity index (χ3n) is 3.74. The first kappa shape index (κ1) is 16.9. The van der Waals surface area contributed by atoms with Gasteiger partial charge < -0.3 is 20.2 Å². The van der Waals surface area contributed by atoms with Gasteiger partial charge in [-0.15, -0.1) is 0 Å². The number of amides is 2. The Balaban J connectivity index is 2.31. The lowest BCUT2D eigenvalue weighted by atomic mass is 9.97. The van der Waals surface area contributed by atoms with Crippen LogP contribution in [-0.2, 0) is 9.59 Å². The Kier molecular flexibility index (Phi) is 7.54. The van der Waals surface area contributed by atoms with Gasteiger partial charge >= 0.3 is 0 Å². The number of hydrogen-bond donors (Lipinski definition) is 2. The molecule has 0 aromatic rings. The van der Waals surface area contributed by atoms with Crippen molar-refractivity contribution in [3.8, 4) is 0 Å². The Morgan fingerprint density at radius 3 is 2.85 bits per heavy atom. The number of carbonyl (C=O) groups is 2. The van der Waals surface area contributed by atoms with E-state index in [0.717, 1.165) is 25.9 Å². The van der Waals surface area contributed by atoms with Crippen LogP contribution >= 0.6 is 0 Å². The second kappa shape index (κ2) is 8.92. The molecule has 2 amide bonds. The lowest BCUT2D eigenvalue weighted by Gasteiger charge is -2.34. The van der Waals surface area contributed by atoms with Crippen molar-refractivity contribution in [2.24, 2.45) is 5.92 Å². The van der Waals surface area contributed by atoms with Gasteiger partial charge in [-0.1, -0.05) is 6.92 Å². The Labute approximate surface area is 121 Å². The van der Waals surface area contributed by atoms with E-state index >= 15 is 0 Å². The van der Waals surface area contributed by atoms with Gasteiger partial charge in [-0.3, -0.25) is 9.59 Å². The number of aliphatic hydroxyl groups is 1. The first-order valence-corrected chi connectivity index (χ1v) is 7.40. The van der Waals surface area contributed by atoms with E-state index in [-0.39, 0.29) is 25.0 Å². The number of carbonyl (C=O) groups excluding carboxylic acids is 2. The van der Waals surface area contributed by atoms with E-state index in [2.05, 4.69) is 10.2 Å². The van der Waals surface area contributed by atoms with Crippen LogP contribution in [0, 0.1) is 5.92 Å². The molecule has 0 aromatic heterocycles. The molecule has 6 heteroatoms. The Morgan fingerprint density at radius 1 is 1.45 bits per heavy atom. The zero-order chi connectivity index (χ0) is 15.0. The largest absolute Gasteiger partial charge is 0.395 e. The van der Waals surface area contributed by atoms with Crippen molar-refractivity contribution in [2.45, 2.75) is 26.2 Å². The number of nitrogens with zero attached hydrogens (tertiary/aromatic N) is 2. The van der Waals surface area contributed by atoms with E-state index in [1.54, 1.807) is 18.9 Å². The molecule has 1 fully saturated rings. The highest BCUT2D eigenvalue weighted by molar-refractivity contribution is 5.84. The van der Waals surface area contributed by atoms with Crippen molar-refractivity contribution >= 4 is 11.8 Å². The molecule has 2 N–H and O–H groups in total. The van der Waals surface area contributed by atoms with Gasteiger partial charge in [0.05, 0.1) is 13.2 Å². The first-order chi connectivity index (χ1) is 9.56. The Morgan fingerprint density at radius 2 is 2.20 bits per heavy atom. The van der Waals surface area contributed by atoms with Gasteiger partial charge in [-0.25, -0.2) is 0 Å². The van der Waals surface area contributed by atoms with Crippen molar-refractivity contribution in [1.82, 2.24) is 15.1 Å². The standard InChI is InChI=1S/C14H27N3O3/c1-3-13(19)15-9-14(20)16(2)10-12-5-4-6-17(11-12)7-8-18/h12,18H,3-11H2,1-2H3,(H,15,19). The lowest BCUT2D eigenvalue weighted by Crippen LogP contribution is -2.44. The number of β-amino-alcohol motifs (C(OH)–C–C–N with tert-alkyl or cyclic N) is 1. The molecule has 1 rings (SSSR count). The average Bonchev–Trinajstić information content (AvgIpc) is 2.45. The van der Waals surface area contributed by atoms with Crippen molar-refractivity contribution in [2.75, 3.05) is 46.4 Å². The summed E-state index contributed by atoms with van der Waals surface area (Å²) in [5.41, 5.74) is 0. The highest BCUT2D eigenvalue weighted by Crippen LogP contribution is 2.16. The summed E-state index contributed by atoms with van der Waals surface area (Å²) in [5.74, 6) is 0.302. The minimum absolute atomic E-state index is 0.0499. The number of nitrogens with one attached hydrogen (secondary N) is 1. The van der Waals surface area contributed by atoms with Gasteiger partial charge in [0, 0.05) is 33.1 Å². The molecule has 1 aliphatic rings. The normalized spacial score (nSPS) is 19.6. The van der Waals surface area contributed by atoms with E-state index in [9.17, 15) is 9.59 Å². The maximum atomic E-state index is 11.9. The minimum Gasteiger partial charge on any atom is -0.395 e. The molecule has 1 aliphatic heterocycles. The fourth-order valence-corrected chi connectivity index (χ4v) is 2.57. The summed E-state index contributed by atoms with van der Waals surface area (Å²) in [6.07, 6.45) is 2.62. The SMILES string of the molecule is CCC(=O)NCC(=O)N(C)CC1CCCN(CCO)C1. The van der Waals surface area contributed by atoms with Gasteiger partial charge in [-0.2, -0.15) is 0 Å². The van der Waals surface area contributed by atoms with E-state index in [1.165, 1.54) is 0 Å². The summed E-state index contributed by atoms with van der Waals surface area (Å²) < 4.78 is 0. The maximum absolute atomic E-state index is 11.9. The number of likely N-dealkylation sites (tertiary alicyclic amines) is 1. The monoisotopic (exact) mass is 285 g/mol. The van der Waals surface area contributed by atoms with Gasteiger partial charge in [0.15, 0.2) is 0 Å². The Bertz CT molecular complexity index is 321. The van der Waals surface area contributed by atoms with Gasteiger partial charge in [-0.05, 0) is 25.3 Å². The number of likely N-dealkylation sites (N-methyl/N-ethyl adjacent to an activating group) is 1. The molecule has 20 heavy (non-hydrogen) atoms. The molecule has 0 aliphatic carbocycles. The molecular formula is C14H27N3O3. The zero-order valence-electron chi connectivity index (χ0n) is 12.6. The fraction of sp³-hybridized carbons (Fsp3) is 0.857. The van der Waals surface area contributed by atoms with Crippen LogP contribution in [0.4, 0.5) is 0 Å². The molecule has 0 bridgehead atoms. The zero-order valence-corrected chi connectivity index (χ0v) is 12.6. The topological polar surface area (TPSA) is 72.9 Å². The van der Waals surface area contributed by atoms with E-state index in [0.29, 0.717) is 25.4 Å². The summed E-state index contributed by atoms with van der Waals surface area (Å²) in [6.45, 7) is 5.41. The predicted octanol–water partition coefficient (Wildman–Crippen LogP) is -0.325. The van der Waals surface area contributed by atoms with E-state index in [4.69, 9.17) is 5.11 Å². The minimum atomic E-state index is -0.0986. The van der Waals surface area contributed by atoms with Crippen molar-refractivity contribution in [1.29, 1.82) is 0 Å². The second-order valence-electron chi connectivity index (χ2n) is 5.44. The van der Waals surface area contributed by atoms with Gasteiger partial charge in [0.25, 0.3) is 0 Å². The summed E-state index contributed by atoms with van der Waals surface area (Å²) >= 11 is 0.